The van der Waals surface area contributed by atoms with E-state index in [1.165, 1.54) is 50.1 Å². The molecule has 0 aliphatic heterocycles. The molecule has 0 radical (unpaired) electrons. The predicted molar refractivity (Wildman–Crippen MR) is 83.6 cm³/mol. The van der Waals surface area contributed by atoms with E-state index in [9.17, 15) is 0 Å². The third-order valence-electron chi connectivity index (χ3n) is 4.52. The zero-order valence-electron chi connectivity index (χ0n) is 12.4. The van der Waals surface area contributed by atoms with Crippen LogP contribution in [0.2, 0.25) is 0 Å². The van der Waals surface area contributed by atoms with E-state index in [1.54, 1.807) is 0 Å². The molecule has 0 saturated heterocycles. The molecule has 1 fully saturated rings. The summed E-state index contributed by atoms with van der Waals surface area (Å²) in [6, 6.07) is 0. The fourth-order valence-electron chi connectivity index (χ4n) is 3.52. The first kappa shape index (κ1) is 15.0. The second-order valence-electron chi connectivity index (χ2n) is 5.93. The molecule has 108 valence electrons. The van der Waals surface area contributed by atoms with Crippen LogP contribution in [0.3, 0.4) is 0 Å². The lowest BCUT2D eigenvalue weighted by Crippen LogP contribution is -2.34. The van der Waals surface area contributed by atoms with Gasteiger partial charge in [-0.15, -0.1) is 11.3 Å². The van der Waals surface area contributed by atoms with Gasteiger partial charge in [-0.1, -0.05) is 33.1 Å². The van der Waals surface area contributed by atoms with E-state index in [-0.39, 0.29) is 0 Å². The van der Waals surface area contributed by atoms with Crippen molar-refractivity contribution in [3.05, 3.63) is 16.6 Å². The molecule has 0 bridgehead atoms. The molecule has 3 atom stereocenters. The van der Waals surface area contributed by atoms with Crippen molar-refractivity contribution in [2.45, 2.75) is 52.4 Å². The lowest BCUT2D eigenvalue weighted by molar-refractivity contribution is 0.168. The molecule has 1 aliphatic carbocycles. The van der Waals surface area contributed by atoms with Gasteiger partial charge in [0.05, 0.1) is 5.01 Å². The number of aromatic nitrogens is 1. The Balaban J connectivity index is 1.93. The van der Waals surface area contributed by atoms with Crippen molar-refractivity contribution in [3.8, 4) is 0 Å². The predicted octanol–water partition coefficient (Wildman–Crippen LogP) is 4.13. The third-order valence-corrected chi connectivity index (χ3v) is 5.32. The summed E-state index contributed by atoms with van der Waals surface area (Å²) >= 11 is 1.83. The number of hydrogen-bond donors (Lipinski definition) is 1. The summed E-state index contributed by atoms with van der Waals surface area (Å²) in [7, 11) is 0. The number of hydrogen-bond acceptors (Lipinski definition) is 3. The van der Waals surface area contributed by atoms with Crippen LogP contribution in [0.4, 0.5) is 0 Å². The van der Waals surface area contributed by atoms with Gasteiger partial charge in [0, 0.05) is 18.0 Å². The molecule has 1 aromatic rings. The second kappa shape index (κ2) is 8.01. The van der Waals surface area contributed by atoms with E-state index in [1.807, 2.05) is 17.5 Å². The van der Waals surface area contributed by atoms with Gasteiger partial charge in [-0.05, 0) is 43.7 Å². The maximum absolute atomic E-state index is 4.49. The fraction of sp³-hybridized carbons (Fsp3) is 0.812. The monoisotopic (exact) mass is 280 g/mol. The van der Waals surface area contributed by atoms with Crippen LogP contribution in [-0.4, -0.2) is 18.1 Å². The maximum Gasteiger partial charge on any atom is 0.0927 e. The van der Waals surface area contributed by atoms with Gasteiger partial charge in [0.1, 0.15) is 0 Å². The van der Waals surface area contributed by atoms with Crippen molar-refractivity contribution in [1.29, 1.82) is 0 Å². The van der Waals surface area contributed by atoms with E-state index in [4.69, 9.17) is 0 Å². The van der Waals surface area contributed by atoms with Crippen molar-refractivity contribution >= 4 is 11.3 Å². The minimum Gasteiger partial charge on any atom is -0.317 e. The molecular weight excluding hydrogens is 252 g/mol. The zero-order valence-corrected chi connectivity index (χ0v) is 13.2. The minimum atomic E-state index is 0.843. The highest BCUT2D eigenvalue weighted by atomic mass is 32.1. The molecule has 1 N–H and O–H groups in total. The van der Waals surface area contributed by atoms with E-state index < -0.39 is 0 Å². The van der Waals surface area contributed by atoms with Crippen LogP contribution < -0.4 is 5.32 Å². The van der Waals surface area contributed by atoms with E-state index in [0.717, 1.165) is 24.3 Å². The molecule has 1 aliphatic rings. The van der Waals surface area contributed by atoms with Gasteiger partial charge >= 0.3 is 0 Å². The van der Waals surface area contributed by atoms with E-state index in [0.29, 0.717) is 0 Å². The largest absolute Gasteiger partial charge is 0.317 e. The van der Waals surface area contributed by atoms with Crippen molar-refractivity contribution in [1.82, 2.24) is 10.3 Å². The van der Waals surface area contributed by atoms with Crippen molar-refractivity contribution in [3.63, 3.8) is 0 Å². The molecule has 1 aromatic heterocycles. The van der Waals surface area contributed by atoms with E-state index in [2.05, 4.69) is 29.5 Å². The Morgan fingerprint density at radius 1 is 1.32 bits per heavy atom. The van der Waals surface area contributed by atoms with E-state index >= 15 is 0 Å². The van der Waals surface area contributed by atoms with Crippen LogP contribution >= 0.6 is 11.3 Å². The van der Waals surface area contributed by atoms with Gasteiger partial charge < -0.3 is 5.32 Å². The van der Waals surface area contributed by atoms with Gasteiger partial charge in [-0.3, -0.25) is 0 Å². The van der Waals surface area contributed by atoms with Crippen LogP contribution in [-0.2, 0) is 6.42 Å². The summed E-state index contributed by atoms with van der Waals surface area (Å²) in [6.45, 7) is 6.82. The molecule has 2 rings (SSSR count). The van der Waals surface area contributed by atoms with Crippen molar-refractivity contribution < 1.29 is 0 Å². The van der Waals surface area contributed by atoms with Crippen LogP contribution in [0.1, 0.15) is 51.0 Å². The summed E-state index contributed by atoms with van der Waals surface area (Å²) in [6.07, 6.45) is 10.2. The number of nitrogens with zero attached hydrogens (tertiary/aromatic N) is 1. The summed E-state index contributed by atoms with van der Waals surface area (Å²) < 4.78 is 0. The number of thiazole rings is 1. The summed E-state index contributed by atoms with van der Waals surface area (Å²) in [4.78, 5) is 4.49. The highest BCUT2D eigenvalue weighted by Crippen LogP contribution is 2.37. The van der Waals surface area contributed by atoms with Crippen LogP contribution in [0.5, 0.6) is 0 Å². The standard InChI is InChI=1S/C16H28N2S/c1-3-5-13-6-7-14(12-17-4-2)15(10-13)11-16-18-8-9-19-16/h8-9,13-15,17H,3-7,10-12H2,1-2H3. The maximum atomic E-state index is 4.49. The number of nitrogens with one attached hydrogen (secondary N) is 1. The quantitative estimate of drug-likeness (QED) is 0.812. The molecule has 0 aromatic carbocycles. The fourth-order valence-corrected chi connectivity index (χ4v) is 4.23. The molecule has 3 heteroatoms. The van der Waals surface area contributed by atoms with Gasteiger partial charge in [0.25, 0.3) is 0 Å². The van der Waals surface area contributed by atoms with Crippen molar-refractivity contribution in [2.75, 3.05) is 13.1 Å². The Kier molecular flexibility index (Phi) is 6.32. The van der Waals surface area contributed by atoms with Crippen molar-refractivity contribution in [2.24, 2.45) is 17.8 Å². The Hall–Kier alpha value is -0.410. The molecule has 0 spiro atoms. The van der Waals surface area contributed by atoms with Gasteiger partial charge in [-0.2, -0.15) is 0 Å². The van der Waals surface area contributed by atoms with Gasteiger partial charge in [-0.25, -0.2) is 4.98 Å². The molecule has 1 heterocycles. The molecule has 19 heavy (non-hydrogen) atoms. The Labute approximate surface area is 122 Å². The highest BCUT2D eigenvalue weighted by Gasteiger charge is 2.30. The normalized spacial score (nSPS) is 27.6. The Morgan fingerprint density at radius 2 is 2.21 bits per heavy atom. The average Bonchev–Trinajstić information content (AvgIpc) is 2.91. The first-order valence-corrected chi connectivity index (χ1v) is 8.80. The lowest BCUT2D eigenvalue weighted by atomic mass is 9.71. The van der Waals surface area contributed by atoms with Crippen LogP contribution in [0.25, 0.3) is 0 Å². The third kappa shape index (κ3) is 4.57. The topological polar surface area (TPSA) is 24.9 Å². The van der Waals surface area contributed by atoms with Crippen LogP contribution in [0, 0.1) is 17.8 Å². The lowest BCUT2D eigenvalue weighted by Gasteiger charge is -2.36. The molecule has 0 amide bonds. The van der Waals surface area contributed by atoms with Crippen LogP contribution in [0.15, 0.2) is 11.6 Å². The number of rotatable bonds is 7. The summed E-state index contributed by atoms with van der Waals surface area (Å²) in [5.41, 5.74) is 0. The first-order chi connectivity index (χ1) is 9.33. The minimum absolute atomic E-state index is 0.843. The van der Waals surface area contributed by atoms with Gasteiger partial charge in [0.15, 0.2) is 0 Å². The second-order valence-corrected chi connectivity index (χ2v) is 6.90. The molecular formula is C16H28N2S. The highest BCUT2D eigenvalue weighted by molar-refractivity contribution is 7.09. The average molecular weight is 280 g/mol. The van der Waals surface area contributed by atoms with Gasteiger partial charge in [0.2, 0.25) is 0 Å². The first-order valence-electron chi connectivity index (χ1n) is 7.92. The Bertz CT molecular complexity index is 337. The summed E-state index contributed by atoms with van der Waals surface area (Å²) in [5.74, 6) is 2.67. The SMILES string of the molecule is CCCC1CCC(CNCC)C(Cc2nccs2)C1. The summed E-state index contributed by atoms with van der Waals surface area (Å²) in [5, 5.41) is 7.01. The molecule has 3 unspecified atom stereocenters. The zero-order chi connectivity index (χ0) is 13.5. The molecule has 2 nitrogen and oxygen atoms in total. The molecule has 1 saturated carbocycles. The Morgan fingerprint density at radius 3 is 2.89 bits per heavy atom. The smallest absolute Gasteiger partial charge is 0.0927 e.